The minimum absolute atomic E-state index is 0.474. The molecule has 3 N–H and O–H groups in total. The second-order valence-electron chi connectivity index (χ2n) is 3.79. The molecule has 16 heavy (non-hydrogen) atoms. The summed E-state index contributed by atoms with van der Waals surface area (Å²) in [4.78, 5) is 8.32. The highest BCUT2D eigenvalue weighted by Crippen LogP contribution is 2.11. The van der Waals surface area contributed by atoms with E-state index in [9.17, 15) is 0 Å². The van der Waals surface area contributed by atoms with Crippen molar-refractivity contribution in [2.75, 3.05) is 30.3 Å². The number of hydrogen-bond acceptors (Lipinski definition) is 5. The lowest BCUT2D eigenvalue weighted by molar-refractivity contribution is 0.787. The minimum atomic E-state index is 0.474. The summed E-state index contributed by atoms with van der Waals surface area (Å²) < 4.78 is 0. The molecular formula is C11H17N5. The summed E-state index contributed by atoms with van der Waals surface area (Å²) in [7, 11) is 0. The van der Waals surface area contributed by atoms with Gasteiger partial charge in [0, 0.05) is 25.2 Å². The summed E-state index contributed by atoms with van der Waals surface area (Å²) in [6.07, 6.45) is 4.51. The molecule has 1 atom stereocenters. The smallest absolute Gasteiger partial charge is 0.131 e. The fourth-order valence-corrected chi connectivity index (χ4v) is 1.70. The maximum atomic E-state index is 4.20. The van der Waals surface area contributed by atoms with Gasteiger partial charge in [-0.1, -0.05) is 6.08 Å². The van der Waals surface area contributed by atoms with Gasteiger partial charge < -0.3 is 16.0 Å². The second-order valence-corrected chi connectivity index (χ2v) is 3.79. The first-order valence-corrected chi connectivity index (χ1v) is 5.52. The van der Waals surface area contributed by atoms with Crippen molar-refractivity contribution in [3.8, 4) is 0 Å². The maximum Gasteiger partial charge on any atom is 0.131 e. The monoisotopic (exact) mass is 219 g/mol. The molecule has 2 heterocycles. The molecule has 1 saturated heterocycles. The van der Waals surface area contributed by atoms with E-state index in [2.05, 4.69) is 32.5 Å². The van der Waals surface area contributed by atoms with Crippen molar-refractivity contribution < 1.29 is 0 Å². The molecule has 1 aliphatic heterocycles. The summed E-state index contributed by atoms with van der Waals surface area (Å²) in [6.45, 7) is 6.43. The molecule has 1 aromatic rings. The first-order valence-electron chi connectivity index (χ1n) is 5.52. The topological polar surface area (TPSA) is 61.9 Å². The fraction of sp³-hybridized carbons (Fsp3) is 0.455. The molecule has 5 heteroatoms. The maximum absolute atomic E-state index is 4.20. The van der Waals surface area contributed by atoms with Gasteiger partial charge in [0.1, 0.15) is 18.0 Å². The third kappa shape index (κ3) is 2.93. The Morgan fingerprint density at radius 3 is 3.12 bits per heavy atom. The highest BCUT2D eigenvalue weighted by molar-refractivity contribution is 5.47. The fourth-order valence-electron chi connectivity index (χ4n) is 1.70. The second kappa shape index (κ2) is 5.46. The predicted octanol–water partition coefficient (Wildman–Crippen LogP) is 0.848. The lowest BCUT2D eigenvalue weighted by Gasteiger charge is -2.12. The molecule has 0 aromatic carbocycles. The summed E-state index contributed by atoms with van der Waals surface area (Å²) in [5.41, 5.74) is 0. The Balaban J connectivity index is 1.94. The molecule has 1 fully saturated rings. The van der Waals surface area contributed by atoms with Crippen LogP contribution in [0, 0.1) is 0 Å². The van der Waals surface area contributed by atoms with Gasteiger partial charge in [-0.05, 0) is 13.0 Å². The standard InChI is InChI=1S/C11H17N5/c1-2-4-13-10-6-11(15-8-14-10)16-9-3-5-12-7-9/h2,6,8-9,12H,1,3-5,7H2,(H2,13,14,15,16). The molecule has 0 spiro atoms. The van der Waals surface area contributed by atoms with Gasteiger partial charge in [-0.3, -0.25) is 0 Å². The van der Waals surface area contributed by atoms with Crippen molar-refractivity contribution >= 4 is 11.6 Å². The first kappa shape index (κ1) is 10.9. The van der Waals surface area contributed by atoms with Crippen molar-refractivity contribution in [1.29, 1.82) is 0 Å². The van der Waals surface area contributed by atoms with E-state index in [1.165, 1.54) is 0 Å². The van der Waals surface area contributed by atoms with Crippen LogP contribution in [0.25, 0.3) is 0 Å². The lowest BCUT2D eigenvalue weighted by Crippen LogP contribution is -2.22. The van der Waals surface area contributed by atoms with E-state index in [1.54, 1.807) is 12.4 Å². The molecule has 0 amide bonds. The molecule has 1 unspecified atom stereocenters. The van der Waals surface area contributed by atoms with Crippen LogP contribution >= 0.6 is 0 Å². The van der Waals surface area contributed by atoms with Crippen LogP contribution in [-0.2, 0) is 0 Å². The number of aromatic nitrogens is 2. The van der Waals surface area contributed by atoms with Crippen LogP contribution in [0.4, 0.5) is 11.6 Å². The minimum Gasteiger partial charge on any atom is -0.366 e. The van der Waals surface area contributed by atoms with Crippen LogP contribution in [0.3, 0.4) is 0 Å². The average Bonchev–Trinajstić information content (AvgIpc) is 2.80. The Kier molecular flexibility index (Phi) is 3.71. The highest BCUT2D eigenvalue weighted by Gasteiger charge is 2.14. The molecule has 1 aromatic heterocycles. The number of rotatable bonds is 5. The number of anilines is 2. The van der Waals surface area contributed by atoms with E-state index < -0.39 is 0 Å². The molecule has 1 aliphatic rings. The average molecular weight is 219 g/mol. The van der Waals surface area contributed by atoms with Gasteiger partial charge in [-0.2, -0.15) is 0 Å². The van der Waals surface area contributed by atoms with E-state index in [4.69, 9.17) is 0 Å². The Morgan fingerprint density at radius 2 is 2.38 bits per heavy atom. The quantitative estimate of drug-likeness (QED) is 0.641. The van der Waals surface area contributed by atoms with Crippen molar-refractivity contribution in [3.05, 3.63) is 25.0 Å². The molecule has 0 saturated carbocycles. The molecule has 0 radical (unpaired) electrons. The van der Waals surface area contributed by atoms with Crippen molar-refractivity contribution in [3.63, 3.8) is 0 Å². The van der Waals surface area contributed by atoms with Gasteiger partial charge in [-0.15, -0.1) is 6.58 Å². The van der Waals surface area contributed by atoms with E-state index in [-0.39, 0.29) is 0 Å². The molecular weight excluding hydrogens is 202 g/mol. The van der Waals surface area contributed by atoms with E-state index in [0.717, 1.165) is 31.1 Å². The van der Waals surface area contributed by atoms with E-state index in [1.807, 2.05) is 6.07 Å². The zero-order valence-corrected chi connectivity index (χ0v) is 9.24. The van der Waals surface area contributed by atoms with E-state index in [0.29, 0.717) is 12.6 Å². The van der Waals surface area contributed by atoms with Gasteiger partial charge in [0.15, 0.2) is 0 Å². The van der Waals surface area contributed by atoms with Crippen LogP contribution < -0.4 is 16.0 Å². The Hall–Kier alpha value is -1.62. The van der Waals surface area contributed by atoms with Crippen LogP contribution in [0.2, 0.25) is 0 Å². The SMILES string of the molecule is C=CCNc1cc(NC2CCNC2)ncn1. The van der Waals surface area contributed by atoms with Gasteiger partial charge in [-0.25, -0.2) is 9.97 Å². The van der Waals surface area contributed by atoms with Gasteiger partial charge in [0.25, 0.3) is 0 Å². The van der Waals surface area contributed by atoms with Gasteiger partial charge >= 0.3 is 0 Å². The molecule has 86 valence electrons. The van der Waals surface area contributed by atoms with Crippen LogP contribution in [-0.4, -0.2) is 35.6 Å². The first-order chi connectivity index (χ1) is 7.88. The predicted molar refractivity (Wildman–Crippen MR) is 65.6 cm³/mol. The Labute approximate surface area is 95.4 Å². The van der Waals surface area contributed by atoms with Gasteiger partial charge in [0.05, 0.1) is 0 Å². The Morgan fingerprint density at radius 1 is 1.50 bits per heavy atom. The summed E-state index contributed by atoms with van der Waals surface area (Å²) >= 11 is 0. The van der Waals surface area contributed by atoms with Crippen LogP contribution in [0.15, 0.2) is 25.0 Å². The highest BCUT2D eigenvalue weighted by atomic mass is 15.1. The molecule has 0 bridgehead atoms. The van der Waals surface area contributed by atoms with Crippen molar-refractivity contribution in [2.45, 2.75) is 12.5 Å². The third-order valence-corrected chi connectivity index (χ3v) is 2.51. The molecule has 2 rings (SSSR count). The number of hydrogen-bond donors (Lipinski definition) is 3. The van der Waals surface area contributed by atoms with Crippen LogP contribution in [0.5, 0.6) is 0 Å². The molecule has 0 aliphatic carbocycles. The zero-order chi connectivity index (χ0) is 11.2. The lowest BCUT2D eigenvalue weighted by atomic mass is 10.2. The summed E-state index contributed by atoms with van der Waals surface area (Å²) in [6, 6.07) is 2.39. The largest absolute Gasteiger partial charge is 0.366 e. The third-order valence-electron chi connectivity index (χ3n) is 2.51. The van der Waals surface area contributed by atoms with E-state index >= 15 is 0 Å². The van der Waals surface area contributed by atoms with Gasteiger partial charge in [0.2, 0.25) is 0 Å². The van der Waals surface area contributed by atoms with Crippen molar-refractivity contribution in [2.24, 2.45) is 0 Å². The van der Waals surface area contributed by atoms with Crippen molar-refractivity contribution in [1.82, 2.24) is 15.3 Å². The zero-order valence-electron chi connectivity index (χ0n) is 9.24. The normalized spacial score (nSPS) is 19.4. The number of nitrogens with zero attached hydrogens (tertiary/aromatic N) is 2. The molecule has 5 nitrogen and oxygen atoms in total. The van der Waals surface area contributed by atoms with Crippen LogP contribution in [0.1, 0.15) is 6.42 Å². The Bertz CT molecular complexity index is 346. The summed E-state index contributed by atoms with van der Waals surface area (Å²) in [5.74, 6) is 1.69. The summed E-state index contributed by atoms with van der Waals surface area (Å²) in [5, 5.41) is 9.82. The number of nitrogens with one attached hydrogen (secondary N) is 3.